The number of hydrogen-bond donors (Lipinski definition) is 3. The Hall–Kier alpha value is -2.81. The van der Waals surface area contributed by atoms with Gasteiger partial charge in [-0.3, -0.25) is 14.4 Å². The number of nitrogens with one attached hydrogen (secondary N) is 1. The molecule has 0 spiro atoms. The first-order chi connectivity index (χ1) is 21.8. The van der Waals surface area contributed by atoms with Gasteiger partial charge in [0.15, 0.2) is 0 Å². The number of carboxylic acid groups (broad SMARTS) is 2. The number of aliphatic carboxylic acids is 2. The van der Waals surface area contributed by atoms with E-state index in [-0.39, 0.29) is 32.8 Å². The first kappa shape index (κ1) is 42.2. The second-order valence-corrected chi connectivity index (χ2v) is 8.58. The summed E-state index contributed by atoms with van der Waals surface area (Å²) in [5, 5.41) is 19.4. The zero-order chi connectivity index (χ0) is 33.2. The summed E-state index contributed by atoms with van der Waals surface area (Å²) in [4.78, 5) is 54.2. The zero-order valence-corrected chi connectivity index (χ0v) is 25.6. The molecule has 262 valence electrons. The Bertz CT molecular complexity index is 782. The van der Waals surface area contributed by atoms with Crippen molar-refractivity contribution >= 4 is 29.6 Å². The zero-order valence-electron chi connectivity index (χ0n) is 25.6. The first-order valence-corrected chi connectivity index (χ1v) is 14.4. The number of ether oxygens (including phenoxy) is 10. The van der Waals surface area contributed by atoms with E-state index in [1.54, 1.807) is 0 Å². The number of Topliss-reactive ketones (excluding diaryl/α,β-unsaturated/α-hetero) is 1. The fourth-order valence-corrected chi connectivity index (χ4v) is 2.80. The third-order valence-corrected chi connectivity index (χ3v) is 4.92. The highest BCUT2D eigenvalue weighted by Crippen LogP contribution is 1.95. The summed E-state index contributed by atoms with van der Waals surface area (Å²) in [6.07, 6.45) is -0.679. The summed E-state index contributed by atoms with van der Waals surface area (Å²) in [6.45, 7) is 5.46. The summed E-state index contributed by atoms with van der Waals surface area (Å²) in [6, 6.07) is 0. The molecule has 0 aromatic rings. The van der Waals surface area contributed by atoms with Crippen LogP contribution in [0.25, 0.3) is 0 Å². The number of rotatable bonds is 35. The molecule has 0 radical (unpaired) electrons. The molecule has 18 nitrogen and oxygen atoms in total. The van der Waals surface area contributed by atoms with Gasteiger partial charge in [-0.05, 0) is 0 Å². The van der Waals surface area contributed by atoms with Gasteiger partial charge >= 0.3 is 17.9 Å². The molecule has 0 aliphatic heterocycles. The Morgan fingerprint density at radius 3 is 1.20 bits per heavy atom. The van der Waals surface area contributed by atoms with Crippen molar-refractivity contribution in [3.63, 3.8) is 0 Å². The van der Waals surface area contributed by atoms with Gasteiger partial charge in [-0.2, -0.15) is 0 Å². The lowest BCUT2D eigenvalue weighted by Gasteiger charge is -2.09. The molecule has 1 amide bonds. The third-order valence-electron chi connectivity index (χ3n) is 4.92. The van der Waals surface area contributed by atoms with E-state index in [4.69, 9.17) is 52.8 Å². The molecular weight excluding hydrogens is 610 g/mol. The number of hydrogen-bond acceptors (Lipinski definition) is 15. The molecule has 0 unspecified atom stereocenters. The van der Waals surface area contributed by atoms with Crippen molar-refractivity contribution in [3.05, 3.63) is 0 Å². The molecule has 0 bridgehead atoms. The normalized spacial score (nSPS) is 10.9. The van der Waals surface area contributed by atoms with Crippen LogP contribution >= 0.6 is 0 Å². The minimum absolute atomic E-state index is 0.00209. The van der Waals surface area contributed by atoms with E-state index < -0.39 is 42.6 Å². The van der Waals surface area contributed by atoms with Crippen molar-refractivity contribution in [1.29, 1.82) is 0 Å². The van der Waals surface area contributed by atoms with Gasteiger partial charge in [0.1, 0.15) is 19.8 Å². The van der Waals surface area contributed by atoms with Crippen molar-refractivity contribution in [2.24, 2.45) is 0 Å². The third kappa shape index (κ3) is 33.9. The Morgan fingerprint density at radius 2 is 0.822 bits per heavy atom. The van der Waals surface area contributed by atoms with Crippen LogP contribution in [0.5, 0.6) is 0 Å². The number of esters is 1. The van der Waals surface area contributed by atoms with Crippen LogP contribution in [-0.4, -0.2) is 172 Å². The van der Waals surface area contributed by atoms with Crippen LogP contribution < -0.4 is 5.32 Å². The standard InChI is InChI=1S/C27H47NO17/c29-23(27(34)35)1-2-26(33)45-20-19-43-18-17-42-16-15-41-14-13-40-12-11-39-10-9-38-8-7-37-6-5-36-4-3-28-24(30)21-44-22-25(31)32/h1-22H2,(H,28,30)(H,31,32)(H,34,35). The number of amides is 1. The Morgan fingerprint density at radius 1 is 0.444 bits per heavy atom. The highest BCUT2D eigenvalue weighted by atomic mass is 16.6. The van der Waals surface area contributed by atoms with Crippen molar-refractivity contribution in [3.8, 4) is 0 Å². The Balaban J connectivity index is 3.17. The maximum Gasteiger partial charge on any atom is 0.372 e. The van der Waals surface area contributed by atoms with Gasteiger partial charge in [0.2, 0.25) is 11.7 Å². The molecule has 0 rings (SSSR count). The maximum absolute atomic E-state index is 11.3. The van der Waals surface area contributed by atoms with E-state index in [9.17, 15) is 24.0 Å². The predicted molar refractivity (Wildman–Crippen MR) is 151 cm³/mol. The monoisotopic (exact) mass is 657 g/mol. The molecule has 0 atom stereocenters. The van der Waals surface area contributed by atoms with E-state index in [2.05, 4.69) is 10.1 Å². The Kier molecular flexibility index (Phi) is 30.5. The van der Waals surface area contributed by atoms with Crippen LogP contribution in [0.2, 0.25) is 0 Å². The lowest BCUT2D eigenvalue weighted by Crippen LogP contribution is -2.31. The molecule has 0 saturated carbocycles. The molecule has 0 saturated heterocycles. The van der Waals surface area contributed by atoms with Crippen LogP contribution in [0, 0.1) is 0 Å². The number of carbonyl (C=O) groups is 5. The molecule has 0 aromatic heterocycles. The topological polar surface area (TPSA) is 230 Å². The van der Waals surface area contributed by atoms with E-state index in [0.29, 0.717) is 99.1 Å². The van der Waals surface area contributed by atoms with E-state index in [1.165, 1.54) is 0 Å². The van der Waals surface area contributed by atoms with E-state index in [0.717, 1.165) is 0 Å². The van der Waals surface area contributed by atoms with Gasteiger partial charge in [0, 0.05) is 13.0 Å². The second-order valence-electron chi connectivity index (χ2n) is 8.58. The minimum Gasteiger partial charge on any atom is -0.480 e. The van der Waals surface area contributed by atoms with Gasteiger partial charge in [-0.25, -0.2) is 9.59 Å². The SMILES string of the molecule is O=C(O)COCC(=O)NCCOCCOCCOCCOCCOCCOCCOCCOCCOC(=O)CCC(=O)C(=O)O. The van der Waals surface area contributed by atoms with Crippen LogP contribution in [0.4, 0.5) is 0 Å². The number of ketones is 1. The van der Waals surface area contributed by atoms with Crippen molar-refractivity contribution in [1.82, 2.24) is 5.32 Å². The maximum atomic E-state index is 11.3. The highest BCUT2D eigenvalue weighted by molar-refractivity contribution is 6.32. The van der Waals surface area contributed by atoms with Crippen LogP contribution in [0.1, 0.15) is 12.8 Å². The predicted octanol–water partition coefficient (Wildman–Crippen LogP) is -1.69. The van der Waals surface area contributed by atoms with Gasteiger partial charge in [-0.1, -0.05) is 0 Å². The van der Waals surface area contributed by atoms with Gasteiger partial charge in [0.25, 0.3) is 0 Å². The molecule has 0 aromatic carbocycles. The van der Waals surface area contributed by atoms with E-state index in [1.807, 2.05) is 0 Å². The lowest BCUT2D eigenvalue weighted by molar-refractivity contribution is -0.151. The quantitative estimate of drug-likeness (QED) is 0.0392. The molecule has 18 heteroatoms. The average molecular weight is 658 g/mol. The minimum atomic E-state index is -1.57. The first-order valence-electron chi connectivity index (χ1n) is 14.4. The molecular formula is C27H47NO17. The lowest BCUT2D eigenvalue weighted by atomic mass is 10.2. The highest BCUT2D eigenvalue weighted by Gasteiger charge is 2.14. The molecule has 0 aliphatic carbocycles. The molecule has 0 fully saturated rings. The van der Waals surface area contributed by atoms with Crippen LogP contribution in [-0.2, 0) is 71.3 Å². The smallest absolute Gasteiger partial charge is 0.372 e. The molecule has 0 aliphatic rings. The second kappa shape index (κ2) is 32.6. The van der Waals surface area contributed by atoms with Crippen LogP contribution in [0.3, 0.4) is 0 Å². The summed E-state index contributed by atoms with van der Waals surface area (Å²) in [5.41, 5.74) is 0. The fourth-order valence-electron chi connectivity index (χ4n) is 2.80. The Labute approximate surface area is 261 Å². The van der Waals surface area contributed by atoms with Crippen molar-refractivity contribution in [2.75, 3.05) is 132 Å². The summed E-state index contributed by atoms with van der Waals surface area (Å²) in [5.74, 6) is -4.81. The average Bonchev–Trinajstić information content (AvgIpc) is 3.00. The van der Waals surface area contributed by atoms with Gasteiger partial charge in [-0.15, -0.1) is 0 Å². The van der Waals surface area contributed by atoms with Crippen molar-refractivity contribution in [2.45, 2.75) is 12.8 Å². The summed E-state index contributed by atoms with van der Waals surface area (Å²) >= 11 is 0. The number of carbonyl (C=O) groups excluding carboxylic acids is 3. The molecule has 0 heterocycles. The van der Waals surface area contributed by atoms with Gasteiger partial charge < -0.3 is 62.9 Å². The van der Waals surface area contributed by atoms with Crippen molar-refractivity contribution < 1.29 is 81.6 Å². The molecule has 3 N–H and O–H groups in total. The summed E-state index contributed by atoms with van der Waals surface area (Å²) in [7, 11) is 0. The number of carboxylic acids is 2. The van der Waals surface area contributed by atoms with E-state index >= 15 is 0 Å². The van der Waals surface area contributed by atoms with Crippen LogP contribution in [0.15, 0.2) is 0 Å². The van der Waals surface area contributed by atoms with Gasteiger partial charge in [0.05, 0.1) is 112 Å². The fraction of sp³-hybridized carbons (Fsp3) is 0.815. The summed E-state index contributed by atoms with van der Waals surface area (Å²) < 4.78 is 52.3. The molecule has 45 heavy (non-hydrogen) atoms. The largest absolute Gasteiger partial charge is 0.480 e.